The van der Waals surface area contributed by atoms with Gasteiger partial charge in [0.15, 0.2) is 0 Å². The van der Waals surface area contributed by atoms with Crippen LogP contribution in [0, 0.1) is 0 Å². The van der Waals surface area contributed by atoms with Crippen molar-refractivity contribution in [1.29, 1.82) is 0 Å². The molecule has 4 nitrogen and oxygen atoms in total. The van der Waals surface area contributed by atoms with Crippen molar-refractivity contribution in [2.75, 3.05) is 0 Å². The number of nitrogens with zero attached hydrogens (tertiary/aromatic N) is 1. The van der Waals surface area contributed by atoms with Gasteiger partial charge in [-0.1, -0.05) is 42.5 Å². The second-order valence-electron chi connectivity index (χ2n) is 6.95. The second-order valence-corrected chi connectivity index (χ2v) is 6.95. The lowest BCUT2D eigenvalue weighted by Gasteiger charge is -2.14. The first-order valence-corrected chi connectivity index (χ1v) is 9.03. The molecule has 0 spiro atoms. The van der Waals surface area contributed by atoms with E-state index in [1.807, 2.05) is 66.9 Å². The summed E-state index contributed by atoms with van der Waals surface area (Å²) in [5.74, 6) is -0.0775. The molecule has 0 fully saturated rings. The summed E-state index contributed by atoms with van der Waals surface area (Å²) < 4.78 is 7.66. The summed E-state index contributed by atoms with van der Waals surface area (Å²) in [5.41, 5.74) is 2.30. The monoisotopic (exact) mass is 359 g/mol. The summed E-state index contributed by atoms with van der Waals surface area (Å²) in [6.45, 7) is 4.51. The third-order valence-electron chi connectivity index (χ3n) is 4.67. The molecular weight excluding hydrogens is 338 g/mol. The Balaban J connectivity index is 1.81. The van der Waals surface area contributed by atoms with E-state index >= 15 is 0 Å². The van der Waals surface area contributed by atoms with Crippen LogP contribution in [-0.4, -0.2) is 21.7 Å². The van der Waals surface area contributed by atoms with Gasteiger partial charge in [-0.2, -0.15) is 0 Å². The number of benzene rings is 3. The first-order chi connectivity index (χ1) is 13.0. The molecule has 3 aromatic carbocycles. The van der Waals surface area contributed by atoms with Crippen molar-refractivity contribution in [3.63, 3.8) is 0 Å². The van der Waals surface area contributed by atoms with Crippen LogP contribution in [0.4, 0.5) is 0 Å². The van der Waals surface area contributed by atoms with Gasteiger partial charge in [-0.15, -0.1) is 0 Å². The number of carboxylic acid groups (broad SMARTS) is 1. The fourth-order valence-electron chi connectivity index (χ4n) is 3.54. The van der Waals surface area contributed by atoms with Crippen molar-refractivity contribution >= 4 is 27.6 Å². The number of ether oxygens (including phenoxy) is 1. The summed E-state index contributed by atoms with van der Waals surface area (Å²) in [7, 11) is 0. The zero-order valence-corrected chi connectivity index (χ0v) is 15.3. The van der Waals surface area contributed by atoms with Gasteiger partial charge in [-0.05, 0) is 54.4 Å². The van der Waals surface area contributed by atoms with Gasteiger partial charge in [-0.3, -0.25) is 0 Å². The van der Waals surface area contributed by atoms with Gasteiger partial charge in [0.25, 0.3) is 0 Å². The summed E-state index contributed by atoms with van der Waals surface area (Å²) in [5, 5.41) is 12.8. The van der Waals surface area contributed by atoms with Crippen molar-refractivity contribution in [3.8, 4) is 5.75 Å². The zero-order chi connectivity index (χ0) is 19.0. The van der Waals surface area contributed by atoms with E-state index < -0.39 is 5.97 Å². The molecule has 0 unspecified atom stereocenters. The minimum Gasteiger partial charge on any atom is -0.491 e. The average molecular weight is 359 g/mol. The lowest BCUT2D eigenvalue weighted by molar-refractivity contribution is 0.0686. The SMILES string of the molecule is CC(C)Oc1ccc2c(Cn3c(C(=O)O)cc4ccccc43)cccc2c1. The van der Waals surface area contributed by atoms with Gasteiger partial charge in [0.05, 0.1) is 6.10 Å². The number of aromatic carboxylic acids is 1. The van der Waals surface area contributed by atoms with Crippen molar-refractivity contribution in [1.82, 2.24) is 4.57 Å². The molecule has 1 aromatic heterocycles. The number of carbonyl (C=O) groups is 1. The molecule has 0 saturated carbocycles. The molecule has 4 aromatic rings. The van der Waals surface area contributed by atoms with Crippen LogP contribution >= 0.6 is 0 Å². The lowest BCUT2D eigenvalue weighted by atomic mass is 10.0. The Morgan fingerprint density at radius 3 is 2.56 bits per heavy atom. The van der Waals surface area contributed by atoms with E-state index in [2.05, 4.69) is 12.1 Å². The van der Waals surface area contributed by atoms with Crippen molar-refractivity contribution in [2.45, 2.75) is 26.5 Å². The molecule has 0 amide bonds. The Morgan fingerprint density at radius 2 is 1.78 bits per heavy atom. The van der Waals surface area contributed by atoms with E-state index in [-0.39, 0.29) is 6.10 Å². The van der Waals surface area contributed by atoms with E-state index in [0.29, 0.717) is 12.2 Å². The first kappa shape index (κ1) is 17.2. The highest BCUT2D eigenvalue weighted by atomic mass is 16.5. The Kier molecular flexibility index (Phi) is 4.32. The van der Waals surface area contributed by atoms with Gasteiger partial charge in [0, 0.05) is 17.4 Å². The van der Waals surface area contributed by atoms with Crippen molar-refractivity contribution in [2.24, 2.45) is 0 Å². The normalized spacial score (nSPS) is 11.4. The minimum atomic E-state index is -0.918. The number of fused-ring (bicyclic) bond motifs is 2. The Labute approximate surface area is 157 Å². The number of hydrogen-bond donors (Lipinski definition) is 1. The Hall–Kier alpha value is -3.27. The topological polar surface area (TPSA) is 51.5 Å². The van der Waals surface area contributed by atoms with E-state index in [1.54, 1.807) is 6.07 Å². The molecule has 27 heavy (non-hydrogen) atoms. The quantitative estimate of drug-likeness (QED) is 0.524. The molecule has 0 aliphatic heterocycles. The van der Waals surface area contributed by atoms with E-state index in [1.165, 1.54) is 0 Å². The Bertz CT molecular complexity index is 1140. The predicted molar refractivity (Wildman–Crippen MR) is 108 cm³/mol. The molecule has 0 aliphatic rings. The minimum absolute atomic E-state index is 0.120. The molecule has 4 rings (SSSR count). The number of aromatic nitrogens is 1. The number of hydrogen-bond acceptors (Lipinski definition) is 2. The standard InChI is InChI=1S/C23H21NO3/c1-15(2)27-19-10-11-20-16(12-19)7-5-8-18(20)14-24-21-9-4-3-6-17(21)13-22(24)23(25)26/h3-13,15H,14H2,1-2H3,(H,25,26). The number of para-hydroxylation sites is 1. The smallest absolute Gasteiger partial charge is 0.352 e. The molecule has 1 N–H and O–H groups in total. The van der Waals surface area contributed by atoms with Crippen molar-refractivity contribution in [3.05, 3.63) is 78.0 Å². The van der Waals surface area contributed by atoms with Crippen molar-refractivity contribution < 1.29 is 14.6 Å². The summed E-state index contributed by atoms with van der Waals surface area (Å²) in [6, 6.07) is 21.6. The molecule has 0 saturated heterocycles. The number of rotatable bonds is 5. The summed E-state index contributed by atoms with van der Waals surface area (Å²) in [4.78, 5) is 11.8. The molecule has 0 bridgehead atoms. The number of carboxylic acids is 1. The van der Waals surface area contributed by atoms with Crippen LogP contribution in [0.1, 0.15) is 29.9 Å². The third-order valence-corrected chi connectivity index (χ3v) is 4.67. The largest absolute Gasteiger partial charge is 0.491 e. The van der Waals surface area contributed by atoms with E-state index in [0.717, 1.165) is 33.0 Å². The van der Waals surface area contributed by atoms with Crippen LogP contribution in [0.25, 0.3) is 21.7 Å². The maximum Gasteiger partial charge on any atom is 0.352 e. The summed E-state index contributed by atoms with van der Waals surface area (Å²) >= 11 is 0. The molecule has 0 atom stereocenters. The fraction of sp³-hybridized carbons (Fsp3) is 0.174. The maximum absolute atomic E-state index is 11.8. The molecule has 1 heterocycles. The first-order valence-electron chi connectivity index (χ1n) is 9.03. The fourth-order valence-corrected chi connectivity index (χ4v) is 3.54. The van der Waals surface area contributed by atoms with Gasteiger partial charge in [0.1, 0.15) is 11.4 Å². The van der Waals surface area contributed by atoms with Crippen LogP contribution in [0.5, 0.6) is 5.75 Å². The highest BCUT2D eigenvalue weighted by molar-refractivity contribution is 5.95. The van der Waals surface area contributed by atoms with Gasteiger partial charge < -0.3 is 14.4 Å². The van der Waals surface area contributed by atoms with Crippen LogP contribution in [-0.2, 0) is 6.54 Å². The van der Waals surface area contributed by atoms with Crippen LogP contribution in [0.3, 0.4) is 0 Å². The molecule has 136 valence electrons. The van der Waals surface area contributed by atoms with E-state index in [4.69, 9.17) is 4.74 Å². The van der Waals surface area contributed by atoms with Crippen LogP contribution < -0.4 is 4.74 Å². The van der Waals surface area contributed by atoms with Crippen LogP contribution in [0.15, 0.2) is 66.7 Å². The van der Waals surface area contributed by atoms with Crippen LogP contribution in [0.2, 0.25) is 0 Å². The van der Waals surface area contributed by atoms with E-state index in [9.17, 15) is 9.90 Å². The summed E-state index contributed by atoms with van der Waals surface area (Å²) in [6.07, 6.45) is 0.120. The zero-order valence-electron chi connectivity index (χ0n) is 15.3. The Morgan fingerprint density at radius 1 is 1.00 bits per heavy atom. The lowest BCUT2D eigenvalue weighted by Crippen LogP contribution is -2.09. The average Bonchev–Trinajstić information content (AvgIpc) is 3.00. The molecule has 4 heteroatoms. The molecular formula is C23H21NO3. The predicted octanol–water partition coefficient (Wildman–Crippen LogP) is 5.33. The molecule has 0 aliphatic carbocycles. The van der Waals surface area contributed by atoms with Gasteiger partial charge >= 0.3 is 5.97 Å². The molecule has 0 radical (unpaired) electrons. The highest BCUT2D eigenvalue weighted by Gasteiger charge is 2.15. The third kappa shape index (κ3) is 3.26. The maximum atomic E-state index is 11.8. The second kappa shape index (κ2) is 6.80. The highest BCUT2D eigenvalue weighted by Crippen LogP contribution is 2.27. The van der Waals surface area contributed by atoms with Gasteiger partial charge in [0.2, 0.25) is 0 Å². The van der Waals surface area contributed by atoms with Gasteiger partial charge in [-0.25, -0.2) is 4.79 Å².